The molecule has 0 aromatic carbocycles. The molecule has 1 saturated heterocycles. The van der Waals surface area contributed by atoms with Gasteiger partial charge in [0.2, 0.25) is 5.88 Å². The van der Waals surface area contributed by atoms with Gasteiger partial charge in [0.15, 0.2) is 5.96 Å². The lowest BCUT2D eigenvalue weighted by Crippen LogP contribution is -2.47. The van der Waals surface area contributed by atoms with Crippen molar-refractivity contribution in [1.29, 1.82) is 0 Å². The van der Waals surface area contributed by atoms with Crippen LogP contribution in [0, 0.1) is 0 Å². The van der Waals surface area contributed by atoms with Gasteiger partial charge in [0.25, 0.3) is 0 Å². The molecule has 0 saturated carbocycles. The van der Waals surface area contributed by atoms with Gasteiger partial charge in [0, 0.05) is 52.7 Å². The smallest absolute Gasteiger partial charge is 0.213 e. The maximum atomic E-state index is 5.90. The van der Waals surface area contributed by atoms with Crippen molar-refractivity contribution < 1.29 is 14.2 Å². The summed E-state index contributed by atoms with van der Waals surface area (Å²) < 4.78 is 16.5. The first-order valence-electron chi connectivity index (χ1n) is 9.03. The molecule has 1 aliphatic rings. The van der Waals surface area contributed by atoms with Crippen molar-refractivity contribution in [3.63, 3.8) is 0 Å². The molecule has 0 unspecified atom stereocenters. The number of rotatable bonds is 9. The predicted molar refractivity (Wildman–Crippen MR) is 103 cm³/mol. The van der Waals surface area contributed by atoms with Crippen LogP contribution in [0.2, 0.25) is 5.02 Å². The average molecular weight is 385 g/mol. The van der Waals surface area contributed by atoms with Crippen LogP contribution >= 0.6 is 11.6 Å². The fourth-order valence-electron chi connectivity index (χ4n) is 2.79. The van der Waals surface area contributed by atoms with Gasteiger partial charge in [-0.2, -0.15) is 0 Å². The van der Waals surface area contributed by atoms with Gasteiger partial charge in [-0.25, -0.2) is 4.98 Å². The molecule has 0 aliphatic carbocycles. The van der Waals surface area contributed by atoms with Crippen molar-refractivity contribution in [3.8, 4) is 5.88 Å². The minimum atomic E-state index is 0.334. The number of aromatic nitrogens is 1. The molecule has 7 nitrogen and oxygen atoms in total. The number of methoxy groups -OCH3 is 1. The summed E-state index contributed by atoms with van der Waals surface area (Å²) in [5.74, 6) is 1.47. The minimum absolute atomic E-state index is 0.334. The fourth-order valence-corrected chi connectivity index (χ4v) is 2.90. The molecule has 0 spiro atoms. The highest BCUT2D eigenvalue weighted by molar-refractivity contribution is 6.30. The number of halogens is 1. The van der Waals surface area contributed by atoms with Crippen molar-refractivity contribution in [1.82, 2.24) is 15.2 Å². The first-order chi connectivity index (χ1) is 12.7. The number of nitrogens with one attached hydrogen (secondary N) is 1. The van der Waals surface area contributed by atoms with Gasteiger partial charge >= 0.3 is 0 Å². The van der Waals surface area contributed by atoms with Crippen LogP contribution in [-0.4, -0.2) is 75.6 Å². The molecule has 0 atom stereocenters. The summed E-state index contributed by atoms with van der Waals surface area (Å²) in [6, 6.07) is 3.52. The summed E-state index contributed by atoms with van der Waals surface area (Å²) in [7, 11) is 3.52. The van der Waals surface area contributed by atoms with E-state index in [9.17, 15) is 0 Å². The Morgan fingerprint density at radius 3 is 2.77 bits per heavy atom. The fraction of sp³-hybridized carbons (Fsp3) is 0.667. The van der Waals surface area contributed by atoms with E-state index >= 15 is 0 Å². The van der Waals surface area contributed by atoms with Crippen molar-refractivity contribution >= 4 is 17.6 Å². The second-order valence-electron chi connectivity index (χ2n) is 6.04. The normalized spacial score (nSPS) is 16.0. The Morgan fingerprint density at radius 1 is 1.31 bits per heavy atom. The highest BCUT2D eigenvalue weighted by Crippen LogP contribution is 2.14. The average Bonchev–Trinajstić information content (AvgIpc) is 2.67. The van der Waals surface area contributed by atoms with Gasteiger partial charge in [0.1, 0.15) is 6.61 Å². The summed E-state index contributed by atoms with van der Waals surface area (Å²) in [6.07, 6.45) is 4.88. The van der Waals surface area contributed by atoms with Crippen LogP contribution in [0.5, 0.6) is 5.88 Å². The molecular weight excluding hydrogens is 356 g/mol. The van der Waals surface area contributed by atoms with Crippen LogP contribution in [0.1, 0.15) is 19.3 Å². The summed E-state index contributed by atoms with van der Waals surface area (Å²) in [6.45, 7) is 4.56. The minimum Gasteiger partial charge on any atom is -0.476 e. The first-order valence-corrected chi connectivity index (χ1v) is 9.41. The van der Waals surface area contributed by atoms with E-state index in [1.165, 1.54) is 0 Å². The molecule has 1 aromatic rings. The van der Waals surface area contributed by atoms with E-state index in [2.05, 4.69) is 20.2 Å². The highest BCUT2D eigenvalue weighted by Gasteiger charge is 2.21. The molecule has 26 heavy (non-hydrogen) atoms. The summed E-state index contributed by atoms with van der Waals surface area (Å²) in [5, 5.41) is 3.93. The number of ether oxygens (including phenoxy) is 3. The van der Waals surface area contributed by atoms with Gasteiger partial charge in [0.05, 0.1) is 17.7 Å². The predicted octanol–water partition coefficient (Wildman–Crippen LogP) is 2.21. The monoisotopic (exact) mass is 384 g/mol. The topological polar surface area (TPSA) is 68.2 Å². The van der Waals surface area contributed by atoms with Crippen LogP contribution in [-0.2, 0) is 9.47 Å². The number of guanidine groups is 1. The lowest BCUT2D eigenvalue weighted by Gasteiger charge is -2.34. The number of piperidine rings is 1. The van der Waals surface area contributed by atoms with Crippen LogP contribution in [0.15, 0.2) is 23.3 Å². The zero-order chi connectivity index (χ0) is 18.6. The third-order valence-electron chi connectivity index (χ3n) is 4.14. The highest BCUT2D eigenvalue weighted by atomic mass is 35.5. The molecule has 1 N–H and O–H groups in total. The van der Waals surface area contributed by atoms with E-state index in [4.69, 9.17) is 25.8 Å². The van der Waals surface area contributed by atoms with Crippen molar-refractivity contribution in [2.24, 2.45) is 4.99 Å². The summed E-state index contributed by atoms with van der Waals surface area (Å²) >= 11 is 5.81. The zero-order valence-electron chi connectivity index (χ0n) is 15.6. The van der Waals surface area contributed by atoms with Crippen LogP contribution in [0.3, 0.4) is 0 Å². The Kier molecular flexibility index (Phi) is 9.52. The lowest BCUT2D eigenvalue weighted by atomic mass is 10.1. The van der Waals surface area contributed by atoms with E-state index < -0.39 is 0 Å². The van der Waals surface area contributed by atoms with Crippen LogP contribution in [0.25, 0.3) is 0 Å². The van der Waals surface area contributed by atoms with Crippen LogP contribution < -0.4 is 10.1 Å². The molecule has 0 bridgehead atoms. The Bertz CT molecular complexity index is 534. The molecule has 0 radical (unpaired) electrons. The number of nitrogens with zero attached hydrogens (tertiary/aromatic N) is 3. The van der Waals surface area contributed by atoms with Gasteiger partial charge in [-0.1, -0.05) is 11.6 Å². The second-order valence-corrected chi connectivity index (χ2v) is 6.48. The van der Waals surface area contributed by atoms with E-state index in [0.717, 1.165) is 51.5 Å². The molecule has 1 fully saturated rings. The standard InChI is InChI=1S/C18H29ClN4O3/c1-20-18(21-8-13-26-17-5-4-15(19)14-22-17)23-9-6-16(7-10-23)25-12-3-11-24-2/h4-5,14,16H,3,6-13H2,1-2H3,(H,20,21). The molecule has 146 valence electrons. The Balaban J connectivity index is 1.62. The van der Waals surface area contributed by atoms with Gasteiger partial charge < -0.3 is 24.4 Å². The maximum Gasteiger partial charge on any atom is 0.213 e. The Hall–Kier alpha value is -1.57. The van der Waals surface area contributed by atoms with E-state index in [0.29, 0.717) is 30.2 Å². The molecule has 1 aliphatic heterocycles. The molecule has 2 heterocycles. The Labute approximate surface area is 160 Å². The second kappa shape index (κ2) is 11.9. The Morgan fingerprint density at radius 2 is 2.12 bits per heavy atom. The number of aliphatic imine (C=N–C) groups is 1. The molecule has 0 amide bonds. The third kappa shape index (κ3) is 7.35. The largest absolute Gasteiger partial charge is 0.476 e. The van der Waals surface area contributed by atoms with Crippen molar-refractivity contribution in [2.45, 2.75) is 25.4 Å². The van der Waals surface area contributed by atoms with Crippen molar-refractivity contribution in [3.05, 3.63) is 23.4 Å². The summed E-state index contributed by atoms with van der Waals surface area (Å²) in [5.41, 5.74) is 0. The SMILES string of the molecule is CN=C(NCCOc1ccc(Cl)cn1)N1CCC(OCCCOC)CC1. The maximum absolute atomic E-state index is 5.90. The van der Waals surface area contributed by atoms with Crippen LogP contribution in [0.4, 0.5) is 0 Å². The zero-order valence-corrected chi connectivity index (χ0v) is 16.4. The summed E-state index contributed by atoms with van der Waals surface area (Å²) in [4.78, 5) is 10.7. The molecular formula is C18H29ClN4O3. The number of pyridine rings is 1. The van der Waals surface area contributed by atoms with Gasteiger partial charge in [-0.15, -0.1) is 0 Å². The first kappa shape index (κ1) is 20.7. The van der Waals surface area contributed by atoms with E-state index in [-0.39, 0.29) is 0 Å². The van der Waals surface area contributed by atoms with Gasteiger partial charge in [-0.3, -0.25) is 4.99 Å². The number of hydrogen-bond acceptors (Lipinski definition) is 5. The van der Waals surface area contributed by atoms with Gasteiger partial charge in [-0.05, 0) is 25.3 Å². The lowest BCUT2D eigenvalue weighted by molar-refractivity contribution is 0.00989. The molecule has 1 aromatic heterocycles. The molecule has 8 heteroatoms. The number of likely N-dealkylation sites (tertiary alicyclic amines) is 1. The quantitative estimate of drug-likeness (QED) is 0.400. The number of hydrogen-bond donors (Lipinski definition) is 1. The van der Waals surface area contributed by atoms with Crippen molar-refractivity contribution in [2.75, 3.05) is 53.6 Å². The molecule has 2 rings (SSSR count). The van der Waals surface area contributed by atoms with E-state index in [1.807, 2.05) is 0 Å². The third-order valence-corrected chi connectivity index (χ3v) is 4.36. The van der Waals surface area contributed by atoms with E-state index in [1.54, 1.807) is 32.5 Å².